The molecule has 1 aliphatic carbocycles. The fraction of sp³-hybridized carbons (Fsp3) is 0.429. The van der Waals surface area contributed by atoms with E-state index in [1.165, 1.54) is 41.0 Å². The molecule has 3 rings (SSSR count). The summed E-state index contributed by atoms with van der Waals surface area (Å²) in [5, 5.41) is 0. The van der Waals surface area contributed by atoms with Crippen molar-refractivity contribution < 1.29 is 0 Å². The van der Waals surface area contributed by atoms with Crippen molar-refractivity contribution in [3.05, 3.63) is 35.1 Å². The van der Waals surface area contributed by atoms with Crippen LogP contribution in [0.5, 0.6) is 0 Å². The SMILES string of the molecule is NCc1cc(C2CCCC2)c(-c2ccncn2)s1. The largest absolute Gasteiger partial charge is 0.326 e. The molecule has 1 aliphatic rings. The monoisotopic (exact) mass is 259 g/mol. The number of rotatable bonds is 3. The molecule has 1 saturated carbocycles. The highest BCUT2D eigenvalue weighted by Gasteiger charge is 2.23. The quantitative estimate of drug-likeness (QED) is 0.920. The summed E-state index contributed by atoms with van der Waals surface area (Å²) in [6.07, 6.45) is 8.74. The zero-order chi connectivity index (χ0) is 12.4. The van der Waals surface area contributed by atoms with Gasteiger partial charge in [-0.05, 0) is 36.5 Å². The molecule has 0 saturated heterocycles. The van der Waals surface area contributed by atoms with Crippen LogP contribution in [0.25, 0.3) is 10.6 Å². The maximum atomic E-state index is 5.79. The lowest BCUT2D eigenvalue weighted by atomic mass is 9.97. The molecule has 0 aliphatic heterocycles. The van der Waals surface area contributed by atoms with Gasteiger partial charge in [-0.1, -0.05) is 12.8 Å². The van der Waals surface area contributed by atoms with Crippen molar-refractivity contribution in [3.8, 4) is 10.6 Å². The summed E-state index contributed by atoms with van der Waals surface area (Å²) in [6, 6.07) is 4.28. The van der Waals surface area contributed by atoms with E-state index in [4.69, 9.17) is 5.73 Å². The Balaban J connectivity index is 2.04. The minimum atomic E-state index is 0.621. The smallest absolute Gasteiger partial charge is 0.116 e. The number of hydrogen-bond acceptors (Lipinski definition) is 4. The van der Waals surface area contributed by atoms with Crippen LogP contribution < -0.4 is 5.73 Å². The Bertz CT molecular complexity index is 515. The van der Waals surface area contributed by atoms with Crippen LogP contribution in [-0.2, 0) is 6.54 Å². The molecule has 1 fully saturated rings. The highest BCUT2D eigenvalue weighted by atomic mass is 32.1. The molecule has 94 valence electrons. The second kappa shape index (κ2) is 5.16. The van der Waals surface area contributed by atoms with Gasteiger partial charge in [0.15, 0.2) is 0 Å². The molecule has 0 spiro atoms. The van der Waals surface area contributed by atoms with Crippen molar-refractivity contribution in [2.24, 2.45) is 5.73 Å². The number of thiophene rings is 1. The number of nitrogens with zero attached hydrogens (tertiary/aromatic N) is 2. The van der Waals surface area contributed by atoms with Crippen molar-refractivity contribution in [2.75, 3.05) is 0 Å². The fourth-order valence-electron chi connectivity index (χ4n) is 2.72. The summed E-state index contributed by atoms with van der Waals surface area (Å²) in [5.41, 5.74) is 8.28. The lowest BCUT2D eigenvalue weighted by Gasteiger charge is -2.09. The summed E-state index contributed by atoms with van der Waals surface area (Å²) in [5.74, 6) is 0.700. The molecule has 0 unspecified atom stereocenters. The molecule has 0 radical (unpaired) electrons. The van der Waals surface area contributed by atoms with E-state index in [-0.39, 0.29) is 0 Å². The topological polar surface area (TPSA) is 51.8 Å². The van der Waals surface area contributed by atoms with Gasteiger partial charge in [0.2, 0.25) is 0 Å². The molecule has 2 aromatic rings. The molecule has 18 heavy (non-hydrogen) atoms. The van der Waals surface area contributed by atoms with Crippen molar-refractivity contribution in [2.45, 2.75) is 38.1 Å². The Morgan fingerprint density at radius 1 is 1.33 bits per heavy atom. The van der Waals surface area contributed by atoms with Crippen molar-refractivity contribution in [1.29, 1.82) is 0 Å². The lowest BCUT2D eigenvalue weighted by molar-refractivity contribution is 0.726. The van der Waals surface area contributed by atoms with Crippen LogP contribution >= 0.6 is 11.3 Å². The van der Waals surface area contributed by atoms with Gasteiger partial charge in [-0.25, -0.2) is 9.97 Å². The van der Waals surface area contributed by atoms with Gasteiger partial charge < -0.3 is 5.73 Å². The normalized spacial score (nSPS) is 16.3. The van der Waals surface area contributed by atoms with Gasteiger partial charge in [-0.3, -0.25) is 0 Å². The third-order valence-electron chi connectivity index (χ3n) is 3.62. The minimum absolute atomic E-state index is 0.621. The summed E-state index contributed by atoms with van der Waals surface area (Å²) in [7, 11) is 0. The third-order valence-corrected chi connectivity index (χ3v) is 4.82. The number of hydrogen-bond donors (Lipinski definition) is 1. The van der Waals surface area contributed by atoms with E-state index in [0.717, 1.165) is 5.69 Å². The Kier molecular flexibility index (Phi) is 3.39. The zero-order valence-corrected chi connectivity index (χ0v) is 11.1. The first-order valence-electron chi connectivity index (χ1n) is 6.47. The molecule has 2 aromatic heterocycles. The first-order valence-corrected chi connectivity index (χ1v) is 7.29. The van der Waals surface area contributed by atoms with Crippen LogP contribution in [-0.4, -0.2) is 9.97 Å². The Labute approximate surface area is 111 Å². The van der Waals surface area contributed by atoms with E-state index >= 15 is 0 Å². The maximum absolute atomic E-state index is 5.79. The van der Waals surface area contributed by atoms with Gasteiger partial charge in [0.1, 0.15) is 6.33 Å². The zero-order valence-electron chi connectivity index (χ0n) is 10.3. The average molecular weight is 259 g/mol. The Hall–Kier alpha value is -1.26. The van der Waals surface area contributed by atoms with E-state index in [0.29, 0.717) is 12.5 Å². The van der Waals surface area contributed by atoms with E-state index in [2.05, 4.69) is 16.0 Å². The van der Waals surface area contributed by atoms with Crippen molar-refractivity contribution in [3.63, 3.8) is 0 Å². The summed E-state index contributed by atoms with van der Waals surface area (Å²) in [4.78, 5) is 10.9. The van der Waals surface area contributed by atoms with Crippen LogP contribution in [0.4, 0.5) is 0 Å². The molecule has 3 nitrogen and oxygen atoms in total. The van der Waals surface area contributed by atoms with Crippen LogP contribution in [0.15, 0.2) is 24.7 Å². The van der Waals surface area contributed by atoms with Gasteiger partial charge in [-0.15, -0.1) is 11.3 Å². The molecule has 2 N–H and O–H groups in total. The molecule has 2 heterocycles. The average Bonchev–Trinajstić information content (AvgIpc) is 3.08. The predicted molar refractivity (Wildman–Crippen MR) is 74.4 cm³/mol. The minimum Gasteiger partial charge on any atom is -0.326 e. The Morgan fingerprint density at radius 3 is 2.83 bits per heavy atom. The Morgan fingerprint density at radius 2 is 2.17 bits per heavy atom. The second-order valence-corrected chi connectivity index (χ2v) is 5.91. The molecule has 0 bridgehead atoms. The standard InChI is InChI=1S/C14H17N3S/c15-8-11-7-12(10-3-1-2-4-10)14(18-11)13-5-6-16-9-17-13/h5-7,9-10H,1-4,8,15H2. The van der Waals surface area contributed by atoms with Gasteiger partial charge in [0.05, 0.1) is 10.6 Å². The van der Waals surface area contributed by atoms with E-state index in [1.54, 1.807) is 17.7 Å². The summed E-state index contributed by atoms with van der Waals surface area (Å²) >= 11 is 1.78. The lowest BCUT2D eigenvalue weighted by Crippen LogP contribution is -1.94. The van der Waals surface area contributed by atoms with Gasteiger partial charge in [0.25, 0.3) is 0 Å². The molecule has 0 atom stereocenters. The van der Waals surface area contributed by atoms with E-state index in [1.807, 2.05) is 12.3 Å². The molecular formula is C14H17N3S. The molecule has 0 aromatic carbocycles. The third kappa shape index (κ3) is 2.18. The van der Waals surface area contributed by atoms with Crippen LogP contribution in [0, 0.1) is 0 Å². The van der Waals surface area contributed by atoms with Gasteiger partial charge >= 0.3 is 0 Å². The summed E-state index contributed by atoms with van der Waals surface area (Å²) < 4.78 is 0. The molecule has 0 amide bonds. The molecule has 4 heteroatoms. The van der Waals surface area contributed by atoms with Gasteiger partial charge in [0, 0.05) is 17.6 Å². The second-order valence-electron chi connectivity index (χ2n) is 4.78. The predicted octanol–water partition coefficient (Wildman–Crippen LogP) is 3.32. The highest BCUT2D eigenvalue weighted by Crippen LogP contribution is 2.42. The molecular weight excluding hydrogens is 242 g/mol. The van der Waals surface area contributed by atoms with Crippen molar-refractivity contribution in [1.82, 2.24) is 9.97 Å². The van der Waals surface area contributed by atoms with Crippen LogP contribution in [0.1, 0.15) is 42.0 Å². The fourth-order valence-corrected chi connectivity index (χ4v) is 3.82. The van der Waals surface area contributed by atoms with E-state index in [9.17, 15) is 0 Å². The van der Waals surface area contributed by atoms with Crippen LogP contribution in [0.2, 0.25) is 0 Å². The maximum Gasteiger partial charge on any atom is 0.116 e. The highest BCUT2D eigenvalue weighted by molar-refractivity contribution is 7.15. The number of nitrogens with two attached hydrogens (primary N) is 1. The van der Waals surface area contributed by atoms with Crippen LogP contribution in [0.3, 0.4) is 0 Å². The van der Waals surface area contributed by atoms with Gasteiger partial charge in [-0.2, -0.15) is 0 Å². The first kappa shape index (κ1) is 11.8. The number of aromatic nitrogens is 2. The van der Waals surface area contributed by atoms with Crippen molar-refractivity contribution >= 4 is 11.3 Å². The summed E-state index contributed by atoms with van der Waals surface area (Å²) in [6.45, 7) is 0.621. The van der Waals surface area contributed by atoms with E-state index < -0.39 is 0 Å². The first-order chi connectivity index (χ1) is 8.88.